The van der Waals surface area contributed by atoms with Gasteiger partial charge in [-0.3, -0.25) is 0 Å². The average Bonchev–Trinajstić information content (AvgIpc) is 3.39. The third-order valence-corrected chi connectivity index (χ3v) is 5.54. The lowest BCUT2D eigenvalue weighted by atomic mass is 10.2. The molecule has 9 heteroatoms. The van der Waals surface area contributed by atoms with Gasteiger partial charge < -0.3 is 13.7 Å². The van der Waals surface area contributed by atoms with Crippen LogP contribution in [0.25, 0.3) is 22.8 Å². The summed E-state index contributed by atoms with van der Waals surface area (Å²) in [5, 5.41) is 18.3. The summed E-state index contributed by atoms with van der Waals surface area (Å²) in [6, 6.07) is 15.1. The minimum Gasteiger partial charge on any atom is -0.497 e. The minimum absolute atomic E-state index is 0.452. The SMILES string of the molecule is CCn1c(SCc2nnc(-c3cccc(OC)c3)o2)nnc1-c1ccccc1Cl. The van der Waals surface area contributed by atoms with Crippen molar-refractivity contribution in [3.05, 3.63) is 59.4 Å². The molecule has 0 aliphatic heterocycles. The number of aromatic nitrogens is 5. The Balaban J connectivity index is 1.51. The number of halogens is 1. The third kappa shape index (κ3) is 4.13. The Morgan fingerprint density at radius 3 is 2.72 bits per heavy atom. The van der Waals surface area contributed by atoms with E-state index in [1.165, 1.54) is 11.8 Å². The summed E-state index contributed by atoms with van der Waals surface area (Å²) < 4.78 is 13.1. The predicted octanol–water partition coefficient (Wildman–Crippen LogP) is 4.97. The van der Waals surface area contributed by atoms with Crippen LogP contribution in [-0.4, -0.2) is 32.1 Å². The van der Waals surface area contributed by atoms with Crippen LogP contribution in [0.3, 0.4) is 0 Å². The summed E-state index contributed by atoms with van der Waals surface area (Å²) in [7, 11) is 1.62. The number of hydrogen-bond donors (Lipinski definition) is 0. The third-order valence-electron chi connectivity index (χ3n) is 4.26. The first-order valence-corrected chi connectivity index (χ1v) is 10.3. The van der Waals surface area contributed by atoms with Gasteiger partial charge in [-0.25, -0.2) is 0 Å². The molecule has 0 radical (unpaired) electrons. The second kappa shape index (κ2) is 8.67. The standard InChI is InChI=1S/C20H18ClN5O2S/c1-3-26-18(15-9-4-5-10-16(15)21)23-25-20(26)29-12-17-22-24-19(28-17)13-7-6-8-14(11-13)27-2/h4-11H,3,12H2,1-2H3. The molecular weight excluding hydrogens is 410 g/mol. The number of benzene rings is 2. The molecule has 4 rings (SSSR count). The van der Waals surface area contributed by atoms with Gasteiger partial charge in [0.25, 0.3) is 0 Å². The molecule has 0 N–H and O–H groups in total. The second-order valence-corrected chi connectivity index (χ2v) is 7.40. The van der Waals surface area contributed by atoms with Crippen LogP contribution in [0, 0.1) is 0 Å². The van der Waals surface area contributed by atoms with Crippen molar-refractivity contribution in [3.8, 4) is 28.6 Å². The van der Waals surface area contributed by atoms with Gasteiger partial charge in [0.2, 0.25) is 11.8 Å². The van der Waals surface area contributed by atoms with Gasteiger partial charge in [-0.2, -0.15) is 0 Å². The Morgan fingerprint density at radius 1 is 1.07 bits per heavy atom. The molecule has 2 aromatic carbocycles. The Bertz CT molecular complexity index is 1130. The zero-order chi connectivity index (χ0) is 20.2. The van der Waals surface area contributed by atoms with E-state index in [4.69, 9.17) is 20.8 Å². The monoisotopic (exact) mass is 427 g/mol. The summed E-state index contributed by atoms with van der Waals surface area (Å²) in [5.41, 5.74) is 1.67. The van der Waals surface area contributed by atoms with E-state index in [1.54, 1.807) is 7.11 Å². The van der Waals surface area contributed by atoms with Gasteiger partial charge in [0.05, 0.1) is 17.9 Å². The molecule has 0 fully saturated rings. The molecule has 0 amide bonds. The number of ether oxygens (including phenoxy) is 1. The van der Waals surface area contributed by atoms with E-state index in [1.807, 2.05) is 60.0 Å². The highest BCUT2D eigenvalue weighted by Crippen LogP contribution is 2.30. The van der Waals surface area contributed by atoms with Gasteiger partial charge in [-0.1, -0.05) is 41.6 Å². The first-order chi connectivity index (χ1) is 14.2. The van der Waals surface area contributed by atoms with Gasteiger partial charge in [0.15, 0.2) is 11.0 Å². The molecule has 2 heterocycles. The van der Waals surface area contributed by atoms with E-state index >= 15 is 0 Å². The van der Waals surface area contributed by atoms with Gasteiger partial charge >= 0.3 is 0 Å². The maximum atomic E-state index is 6.32. The zero-order valence-electron chi connectivity index (χ0n) is 15.9. The topological polar surface area (TPSA) is 78.9 Å². The first kappa shape index (κ1) is 19.5. The molecule has 29 heavy (non-hydrogen) atoms. The lowest BCUT2D eigenvalue weighted by Gasteiger charge is -2.07. The van der Waals surface area contributed by atoms with Crippen molar-refractivity contribution in [2.75, 3.05) is 7.11 Å². The summed E-state index contributed by atoms with van der Waals surface area (Å²) in [6.45, 7) is 2.76. The highest BCUT2D eigenvalue weighted by atomic mass is 35.5. The van der Waals surface area contributed by atoms with Gasteiger partial charge in [0.1, 0.15) is 5.75 Å². The largest absolute Gasteiger partial charge is 0.497 e. The number of rotatable bonds is 7. The summed E-state index contributed by atoms with van der Waals surface area (Å²) in [4.78, 5) is 0. The van der Waals surface area contributed by atoms with Crippen molar-refractivity contribution in [2.45, 2.75) is 24.4 Å². The van der Waals surface area contributed by atoms with Crippen LogP contribution < -0.4 is 4.74 Å². The number of nitrogens with zero attached hydrogens (tertiary/aromatic N) is 5. The quantitative estimate of drug-likeness (QED) is 0.385. The Morgan fingerprint density at radius 2 is 1.93 bits per heavy atom. The van der Waals surface area contributed by atoms with Crippen LogP contribution in [0.1, 0.15) is 12.8 Å². The van der Waals surface area contributed by atoms with Crippen LogP contribution in [0.15, 0.2) is 58.1 Å². The Kier molecular flexibility index (Phi) is 5.82. The summed E-state index contributed by atoms with van der Waals surface area (Å²) in [5.74, 6) is 2.92. The van der Waals surface area contributed by atoms with E-state index in [9.17, 15) is 0 Å². The molecule has 0 aliphatic rings. The van der Waals surface area contributed by atoms with E-state index in [0.29, 0.717) is 22.6 Å². The molecule has 0 aliphatic carbocycles. The highest BCUT2D eigenvalue weighted by molar-refractivity contribution is 7.98. The van der Waals surface area contributed by atoms with E-state index < -0.39 is 0 Å². The van der Waals surface area contributed by atoms with E-state index in [-0.39, 0.29) is 0 Å². The Hall–Kier alpha value is -2.84. The van der Waals surface area contributed by atoms with Crippen LogP contribution in [0.4, 0.5) is 0 Å². The fourth-order valence-corrected chi connectivity index (χ4v) is 3.89. The van der Waals surface area contributed by atoms with Gasteiger partial charge in [0, 0.05) is 17.7 Å². The molecule has 0 spiro atoms. The van der Waals surface area contributed by atoms with Crippen molar-refractivity contribution in [1.29, 1.82) is 0 Å². The molecule has 0 saturated heterocycles. The summed E-state index contributed by atoms with van der Waals surface area (Å²) >= 11 is 7.81. The molecule has 148 valence electrons. The molecule has 7 nitrogen and oxygen atoms in total. The molecule has 4 aromatic rings. The average molecular weight is 428 g/mol. The van der Waals surface area contributed by atoms with E-state index in [2.05, 4.69) is 20.4 Å². The summed E-state index contributed by atoms with van der Waals surface area (Å²) in [6.07, 6.45) is 0. The fourth-order valence-electron chi connectivity index (χ4n) is 2.83. The normalized spacial score (nSPS) is 11.0. The molecule has 0 saturated carbocycles. The van der Waals surface area contributed by atoms with Crippen LogP contribution in [-0.2, 0) is 12.3 Å². The highest BCUT2D eigenvalue weighted by Gasteiger charge is 2.17. The maximum Gasteiger partial charge on any atom is 0.247 e. The number of hydrogen-bond acceptors (Lipinski definition) is 7. The van der Waals surface area contributed by atoms with E-state index in [0.717, 1.165) is 34.4 Å². The lowest BCUT2D eigenvalue weighted by Crippen LogP contribution is -2.00. The molecule has 0 bridgehead atoms. The first-order valence-electron chi connectivity index (χ1n) is 8.97. The van der Waals surface area contributed by atoms with Crippen molar-refractivity contribution in [2.24, 2.45) is 0 Å². The maximum absolute atomic E-state index is 6.32. The second-order valence-electron chi connectivity index (χ2n) is 6.05. The fraction of sp³-hybridized carbons (Fsp3) is 0.200. The Labute approximate surface area is 177 Å². The van der Waals surface area contributed by atoms with Crippen molar-refractivity contribution in [3.63, 3.8) is 0 Å². The molecule has 2 aromatic heterocycles. The van der Waals surface area contributed by atoms with Crippen LogP contribution in [0.2, 0.25) is 5.02 Å². The number of methoxy groups -OCH3 is 1. The molecule has 0 unspecified atom stereocenters. The minimum atomic E-state index is 0.452. The van der Waals surface area contributed by atoms with Gasteiger partial charge in [-0.15, -0.1) is 20.4 Å². The predicted molar refractivity (Wildman–Crippen MR) is 112 cm³/mol. The van der Waals surface area contributed by atoms with Gasteiger partial charge in [-0.05, 0) is 37.3 Å². The zero-order valence-corrected chi connectivity index (χ0v) is 17.4. The number of thioether (sulfide) groups is 1. The van der Waals surface area contributed by atoms with Crippen molar-refractivity contribution in [1.82, 2.24) is 25.0 Å². The van der Waals surface area contributed by atoms with Crippen molar-refractivity contribution < 1.29 is 9.15 Å². The van der Waals surface area contributed by atoms with Crippen LogP contribution in [0.5, 0.6) is 5.75 Å². The lowest BCUT2D eigenvalue weighted by molar-refractivity contribution is 0.414. The van der Waals surface area contributed by atoms with Crippen LogP contribution >= 0.6 is 23.4 Å². The molecular formula is C20H18ClN5O2S. The smallest absolute Gasteiger partial charge is 0.247 e. The van der Waals surface area contributed by atoms with Crippen molar-refractivity contribution >= 4 is 23.4 Å². The molecule has 0 atom stereocenters.